The molecule has 0 N–H and O–H groups in total. The van der Waals surface area contributed by atoms with Crippen LogP contribution in [-0.2, 0) is 6.54 Å². The normalized spacial score (nSPS) is 10.4. The van der Waals surface area contributed by atoms with Gasteiger partial charge >= 0.3 is 5.69 Å². The van der Waals surface area contributed by atoms with Gasteiger partial charge in [0.15, 0.2) is 0 Å². The molecule has 0 amide bonds. The number of benzene rings is 1. The van der Waals surface area contributed by atoms with Gasteiger partial charge in [0, 0.05) is 18.1 Å². The van der Waals surface area contributed by atoms with E-state index in [0.717, 1.165) is 17.3 Å². The Bertz CT molecular complexity index is 543. The highest BCUT2D eigenvalue weighted by Crippen LogP contribution is 2.07. The first-order valence-corrected chi connectivity index (χ1v) is 4.88. The zero-order valence-corrected chi connectivity index (χ0v) is 8.39. The Kier molecular flexibility index (Phi) is 2.63. The molecule has 0 radical (unpaired) electrons. The minimum absolute atomic E-state index is 0.199. The van der Waals surface area contributed by atoms with Crippen molar-refractivity contribution in [3.63, 3.8) is 0 Å². The molecule has 0 unspecified atom stereocenters. The molecule has 0 aliphatic rings. The number of aromatic nitrogens is 2. The maximum atomic E-state index is 11.6. The van der Waals surface area contributed by atoms with Gasteiger partial charge in [-0.3, -0.25) is 4.57 Å². The standard InChI is InChI=1S/C12H12N2O/c1-2-3-8-14-9-10-6-4-5-7-11(10)13-12(14)15/h2,4-7,9H,1,3,8H2. The van der Waals surface area contributed by atoms with E-state index < -0.39 is 0 Å². The van der Waals surface area contributed by atoms with Gasteiger partial charge in [0.25, 0.3) is 0 Å². The average Bonchev–Trinajstić information content (AvgIpc) is 2.26. The smallest absolute Gasteiger partial charge is 0.298 e. The van der Waals surface area contributed by atoms with Crippen LogP contribution < -0.4 is 5.69 Å². The van der Waals surface area contributed by atoms with E-state index in [2.05, 4.69) is 11.6 Å². The van der Waals surface area contributed by atoms with E-state index in [1.807, 2.05) is 30.5 Å². The topological polar surface area (TPSA) is 34.9 Å². The molecule has 15 heavy (non-hydrogen) atoms. The van der Waals surface area contributed by atoms with Gasteiger partial charge in [-0.15, -0.1) is 6.58 Å². The van der Waals surface area contributed by atoms with Crippen molar-refractivity contribution in [3.8, 4) is 0 Å². The van der Waals surface area contributed by atoms with E-state index in [1.54, 1.807) is 10.6 Å². The SMILES string of the molecule is C=CCCn1cc2ccccc2nc1=O. The lowest BCUT2D eigenvalue weighted by Gasteiger charge is -2.03. The number of fused-ring (bicyclic) bond motifs is 1. The van der Waals surface area contributed by atoms with Gasteiger partial charge in [-0.1, -0.05) is 24.3 Å². The lowest BCUT2D eigenvalue weighted by Crippen LogP contribution is -2.22. The fourth-order valence-electron chi connectivity index (χ4n) is 1.48. The van der Waals surface area contributed by atoms with Crippen LogP contribution in [0.25, 0.3) is 10.9 Å². The predicted octanol–water partition coefficient (Wildman–Crippen LogP) is 1.97. The van der Waals surface area contributed by atoms with Crippen LogP contribution in [0.1, 0.15) is 6.42 Å². The predicted molar refractivity (Wildman–Crippen MR) is 60.8 cm³/mol. The summed E-state index contributed by atoms with van der Waals surface area (Å²) < 4.78 is 1.62. The van der Waals surface area contributed by atoms with Crippen molar-refractivity contribution in [1.29, 1.82) is 0 Å². The highest BCUT2D eigenvalue weighted by molar-refractivity contribution is 5.76. The molecule has 2 aromatic rings. The number of rotatable bonds is 3. The number of aryl methyl sites for hydroxylation is 1. The molecule has 0 saturated heterocycles. The summed E-state index contributed by atoms with van der Waals surface area (Å²) in [6, 6.07) is 7.61. The van der Waals surface area contributed by atoms with Crippen molar-refractivity contribution in [1.82, 2.24) is 9.55 Å². The summed E-state index contributed by atoms with van der Waals surface area (Å²) in [5.74, 6) is 0. The third-order valence-electron chi connectivity index (χ3n) is 2.27. The first-order valence-electron chi connectivity index (χ1n) is 4.88. The summed E-state index contributed by atoms with van der Waals surface area (Å²) in [5, 5.41) is 0.987. The molecule has 3 heteroatoms. The van der Waals surface area contributed by atoms with Gasteiger partial charge < -0.3 is 0 Å². The Morgan fingerprint density at radius 3 is 3.00 bits per heavy atom. The summed E-state index contributed by atoms with van der Waals surface area (Å²) >= 11 is 0. The Balaban J connectivity index is 2.52. The van der Waals surface area contributed by atoms with Crippen molar-refractivity contribution in [2.75, 3.05) is 0 Å². The molecule has 0 spiro atoms. The third-order valence-corrected chi connectivity index (χ3v) is 2.27. The molecule has 0 fully saturated rings. The maximum Gasteiger partial charge on any atom is 0.348 e. The highest BCUT2D eigenvalue weighted by Gasteiger charge is 1.99. The molecule has 76 valence electrons. The minimum atomic E-state index is -0.199. The molecule has 3 nitrogen and oxygen atoms in total. The second kappa shape index (κ2) is 4.09. The molecular formula is C12H12N2O. The fraction of sp³-hybridized carbons (Fsp3) is 0.167. The zero-order chi connectivity index (χ0) is 10.7. The van der Waals surface area contributed by atoms with Crippen LogP contribution >= 0.6 is 0 Å². The van der Waals surface area contributed by atoms with Crippen molar-refractivity contribution >= 4 is 10.9 Å². The fourth-order valence-corrected chi connectivity index (χ4v) is 1.48. The van der Waals surface area contributed by atoms with E-state index >= 15 is 0 Å². The minimum Gasteiger partial charge on any atom is -0.298 e. The number of para-hydroxylation sites is 1. The number of hydrogen-bond donors (Lipinski definition) is 0. The van der Waals surface area contributed by atoms with Crippen molar-refractivity contribution < 1.29 is 0 Å². The van der Waals surface area contributed by atoms with Gasteiger partial charge in [0.05, 0.1) is 5.52 Å². The van der Waals surface area contributed by atoms with E-state index in [9.17, 15) is 4.79 Å². The second-order valence-electron chi connectivity index (χ2n) is 3.35. The van der Waals surface area contributed by atoms with Crippen molar-refractivity contribution in [2.45, 2.75) is 13.0 Å². The number of nitrogens with zero attached hydrogens (tertiary/aromatic N) is 2. The van der Waals surface area contributed by atoms with E-state index in [1.165, 1.54) is 0 Å². The Labute approximate surface area is 87.7 Å². The van der Waals surface area contributed by atoms with E-state index in [-0.39, 0.29) is 5.69 Å². The molecule has 1 aromatic heterocycles. The lowest BCUT2D eigenvalue weighted by molar-refractivity contribution is 0.667. The largest absolute Gasteiger partial charge is 0.348 e. The first kappa shape index (κ1) is 9.65. The van der Waals surface area contributed by atoms with Gasteiger partial charge in [0.2, 0.25) is 0 Å². The average molecular weight is 200 g/mol. The van der Waals surface area contributed by atoms with E-state index in [4.69, 9.17) is 0 Å². The molecule has 0 saturated carbocycles. The van der Waals surface area contributed by atoms with Crippen LogP contribution in [0.5, 0.6) is 0 Å². The molecule has 1 aromatic carbocycles. The molecule has 0 aliphatic carbocycles. The summed E-state index contributed by atoms with van der Waals surface area (Å²) in [7, 11) is 0. The Morgan fingerprint density at radius 2 is 2.20 bits per heavy atom. The summed E-state index contributed by atoms with van der Waals surface area (Å²) in [4.78, 5) is 15.6. The van der Waals surface area contributed by atoms with Gasteiger partial charge in [-0.05, 0) is 12.5 Å². The molecule has 1 heterocycles. The molecule has 2 rings (SSSR count). The molecular weight excluding hydrogens is 188 g/mol. The lowest BCUT2D eigenvalue weighted by atomic mass is 10.2. The third kappa shape index (κ3) is 1.96. The van der Waals surface area contributed by atoms with Gasteiger partial charge in [0.1, 0.15) is 0 Å². The Morgan fingerprint density at radius 1 is 1.40 bits per heavy atom. The molecule has 0 aliphatic heterocycles. The monoisotopic (exact) mass is 200 g/mol. The van der Waals surface area contributed by atoms with Gasteiger partial charge in [-0.2, -0.15) is 4.98 Å². The number of hydrogen-bond acceptors (Lipinski definition) is 2. The second-order valence-corrected chi connectivity index (χ2v) is 3.35. The van der Waals surface area contributed by atoms with Crippen LogP contribution in [0.2, 0.25) is 0 Å². The summed E-state index contributed by atoms with van der Waals surface area (Å²) in [5.41, 5.74) is 0.549. The van der Waals surface area contributed by atoms with Crippen LogP contribution in [0.4, 0.5) is 0 Å². The quantitative estimate of drug-likeness (QED) is 0.710. The van der Waals surface area contributed by atoms with Crippen LogP contribution in [0.15, 0.2) is 47.9 Å². The number of allylic oxidation sites excluding steroid dienone is 1. The zero-order valence-electron chi connectivity index (χ0n) is 8.39. The highest BCUT2D eigenvalue weighted by atomic mass is 16.1. The first-order chi connectivity index (χ1) is 7.31. The molecule has 0 atom stereocenters. The van der Waals surface area contributed by atoms with Crippen molar-refractivity contribution in [3.05, 3.63) is 53.6 Å². The summed E-state index contributed by atoms with van der Waals surface area (Å²) in [6.45, 7) is 4.27. The van der Waals surface area contributed by atoms with Gasteiger partial charge in [-0.25, -0.2) is 4.79 Å². The van der Waals surface area contributed by atoms with E-state index in [0.29, 0.717) is 6.54 Å². The van der Waals surface area contributed by atoms with Crippen molar-refractivity contribution in [2.24, 2.45) is 0 Å². The maximum absolute atomic E-state index is 11.6. The molecule has 0 bridgehead atoms. The Hall–Kier alpha value is -1.90. The summed E-state index contributed by atoms with van der Waals surface area (Å²) in [6.07, 6.45) is 4.41. The van der Waals surface area contributed by atoms with Crippen LogP contribution in [0.3, 0.4) is 0 Å². The van der Waals surface area contributed by atoms with Crippen LogP contribution in [-0.4, -0.2) is 9.55 Å². The van der Waals surface area contributed by atoms with Crippen LogP contribution in [0, 0.1) is 0 Å².